The van der Waals surface area contributed by atoms with E-state index in [2.05, 4.69) is 4.98 Å². The Balaban J connectivity index is 1.45. The van der Waals surface area contributed by atoms with Crippen molar-refractivity contribution in [1.29, 1.82) is 0 Å². The third kappa shape index (κ3) is 5.75. The molecule has 1 heterocycles. The summed E-state index contributed by atoms with van der Waals surface area (Å²) < 4.78 is 12.0. The van der Waals surface area contributed by atoms with E-state index >= 15 is 0 Å². The van der Waals surface area contributed by atoms with Gasteiger partial charge in [-0.1, -0.05) is 79.9 Å². The van der Waals surface area contributed by atoms with Crippen LogP contribution in [0.3, 0.4) is 0 Å². The molecule has 4 rings (SSSR count). The summed E-state index contributed by atoms with van der Waals surface area (Å²) in [6.45, 7) is 0.926. The fourth-order valence-corrected chi connectivity index (χ4v) is 4.91. The number of rotatable bonds is 9. The minimum absolute atomic E-state index is 0.0608. The Hall–Kier alpha value is -2.96. The standard InChI is InChI=1S/C28H35N2O4/c1-30(2,20-26(31)33-21-22-12-6-3-7-13-22)19-25-18-29-27(34-25)28(32,23-14-8-4-9-15-23)24-16-10-5-11-17-24/h3-4,6-9,12-15,18,24,32H,5,10-11,16-17,19-21H2,1-2H3/q+1/t28-/m0/s1. The zero-order chi connectivity index (χ0) is 24.0. The van der Waals surface area contributed by atoms with E-state index < -0.39 is 5.60 Å². The van der Waals surface area contributed by atoms with Crippen LogP contribution < -0.4 is 0 Å². The molecule has 2 aromatic carbocycles. The molecule has 0 bridgehead atoms. The van der Waals surface area contributed by atoms with Crippen molar-refractivity contribution in [2.75, 3.05) is 20.6 Å². The molecule has 0 aliphatic heterocycles. The van der Waals surface area contributed by atoms with Crippen LogP contribution in [-0.4, -0.2) is 41.2 Å². The van der Waals surface area contributed by atoms with E-state index in [0.29, 0.717) is 22.7 Å². The van der Waals surface area contributed by atoms with Gasteiger partial charge in [0.2, 0.25) is 5.89 Å². The number of carbonyl (C=O) groups is 1. The highest BCUT2D eigenvalue weighted by molar-refractivity contribution is 5.70. The fourth-order valence-electron chi connectivity index (χ4n) is 4.91. The molecule has 1 aromatic heterocycles. The lowest BCUT2D eigenvalue weighted by Gasteiger charge is -2.36. The zero-order valence-corrected chi connectivity index (χ0v) is 20.2. The number of nitrogens with zero attached hydrogens (tertiary/aromatic N) is 2. The molecule has 6 nitrogen and oxygen atoms in total. The molecule has 180 valence electrons. The van der Waals surface area contributed by atoms with Crippen LogP contribution in [-0.2, 0) is 28.3 Å². The van der Waals surface area contributed by atoms with Crippen LogP contribution in [0.4, 0.5) is 0 Å². The molecule has 34 heavy (non-hydrogen) atoms. The number of benzene rings is 2. The predicted molar refractivity (Wildman–Crippen MR) is 129 cm³/mol. The maximum absolute atomic E-state index is 12.5. The third-order valence-corrected chi connectivity index (χ3v) is 6.67. The van der Waals surface area contributed by atoms with E-state index in [1.807, 2.05) is 74.8 Å². The van der Waals surface area contributed by atoms with Gasteiger partial charge in [-0.05, 0) is 24.0 Å². The van der Waals surface area contributed by atoms with Gasteiger partial charge in [-0.15, -0.1) is 0 Å². The lowest BCUT2D eigenvalue weighted by atomic mass is 9.73. The van der Waals surface area contributed by atoms with Crippen molar-refractivity contribution in [3.05, 3.63) is 89.6 Å². The molecule has 0 spiro atoms. The van der Waals surface area contributed by atoms with Crippen molar-refractivity contribution in [2.24, 2.45) is 5.92 Å². The first kappa shape index (κ1) is 24.2. The molecule has 6 heteroatoms. The Morgan fingerprint density at radius 2 is 1.71 bits per heavy atom. The van der Waals surface area contributed by atoms with Crippen molar-refractivity contribution in [3.8, 4) is 0 Å². The number of ether oxygens (including phenoxy) is 1. The molecule has 1 aliphatic rings. The van der Waals surface area contributed by atoms with Crippen molar-refractivity contribution in [3.63, 3.8) is 0 Å². The smallest absolute Gasteiger partial charge is 0.362 e. The van der Waals surface area contributed by atoms with Gasteiger partial charge in [0.1, 0.15) is 13.2 Å². The summed E-state index contributed by atoms with van der Waals surface area (Å²) in [5.41, 5.74) is 0.517. The van der Waals surface area contributed by atoms with Crippen LogP contribution in [0.5, 0.6) is 0 Å². The first-order valence-corrected chi connectivity index (χ1v) is 12.1. The molecule has 0 unspecified atom stereocenters. The topological polar surface area (TPSA) is 72.6 Å². The second-order valence-corrected chi connectivity index (χ2v) is 10.00. The van der Waals surface area contributed by atoms with Gasteiger partial charge in [-0.3, -0.25) is 0 Å². The summed E-state index contributed by atoms with van der Waals surface area (Å²) in [5.74, 6) is 0.774. The minimum Gasteiger partial charge on any atom is -0.457 e. The molecule has 0 saturated heterocycles. The van der Waals surface area contributed by atoms with Crippen LogP contribution in [0.25, 0.3) is 0 Å². The highest BCUT2D eigenvalue weighted by Crippen LogP contribution is 2.43. The van der Waals surface area contributed by atoms with Crippen LogP contribution in [0.2, 0.25) is 0 Å². The molecule has 1 N–H and O–H groups in total. The summed E-state index contributed by atoms with van der Waals surface area (Å²) in [6.07, 6.45) is 6.96. The summed E-state index contributed by atoms with van der Waals surface area (Å²) in [7, 11) is 3.91. The van der Waals surface area contributed by atoms with Gasteiger partial charge in [0, 0.05) is 5.92 Å². The fraction of sp³-hybridized carbons (Fsp3) is 0.429. The molecule has 0 amide bonds. The van der Waals surface area contributed by atoms with Gasteiger partial charge < -0.3 is 18.7 Å². The number of hydrogen-bond acceptors (Lipinski definition) is 5. The molecule has 0 radical (unpaired) electrons. The number of quaternary nitrogens is 1. The lowest BCUT2D eigenvalue weighted by molar-refractivity contribution is -0.897. The van der Waals surface area contributed by atoms with Crippen LogP contribution >= 0.6 is 0 Å². The predicted octanol–water partition coefficient (Wildman–Crippen LogP) is 4.81. The summed E-state index contributed by atoms with van der Waals surface area (Å²) in [4.78, 5) is 17.0. The van der Waals surface area contributed by atoms with E-state index in [1.165, 1.54) is 6.42 Å². The number of aliphatic hydroxyl groups is 1. The van der Waals surface area contributed by atoms with E-state index in [-0.39, 0.29) is 25.0 Å². The second kappa shape index (κ2) is 10.5. The molecular weight excluding hydrogens is 428 g/mol. The SMILES string of the molecule is C[N+](C)(CC(=O)OCc1ccccc1)Cc1cnc([C@](O)(c2ccccc2)C2CCCCC2)o1. The number of oxazole rings is 1. The maximum Gasteiger partial charge on any atom is 0.362 e. The van der Waals surface area contributed by atoms with Gasteiger partial charge in [0.25, 0.3) is 0 Å². The normalized spacial score (nSPS) is 16.7. The van der Waals surface area contributed by atoms with Crippen LogP contribution in [0.15, 0.2) is 71.3 Å². The first-order chi connectivity index (χ1) is 16.4. The third-order valence-electron chi connectivity index (χ3n) is 6.67. The molecule has 1 fully saturated rings. The largest absolute Gasteiger partial charge is 0.457 e. The van der Waals surface area contributed by atoms with Crippen LogP contribution in [0, 0.1) is 5.92 Å². The van der Waals surface area contributed by atoms with Gasteiger partial charge in [-0.25, -0.2) is 9.78 Å². The summed E-state index contributed by atoms with van der Waals surface area (Å²) in [5, 5.41) is 12.0. The zero-order valence-electron chi connectivity index (χ0n) is 20.2. The van der Waals surface area contributed by atoms with E-state index in [1.54, 1.807) is 6.20 Å². The Bertz CT molecular complexity index is 1060. The van der Waals surface area contributed by atoms with Crippen LogP contribution in [0.1, 0.15) is 54.9 Å². The van der Waals surface area contributed by atoms with E-state index in [0.717, 1.165) is 36.8 Å². The van der Waals surface area contributed by atoms with Crippen molar-refractivity contribution in [2.45, 2.75) is 50.9 Å². The Labute approximate surface area is 201 Å². The second-order valence-electron chi connectivity index (χ2n) is 10.00. The number of hydrogen-bond donors (Lipinski definition) is 1. The van der Waals surface area contributed by atoms with Crippen molar-refractivity contribution >= 4 is 5.97 Å². The van der Waals surface area contributed by atoms with E-state index in [9.17, 15) is 9.90 Å². The van der Waals surface area contributed by atoms with E-state index in [4.69, 9.17) is 9.15 Å². The molecule has 1 saturated carbocycles. The Morgan fingerprint density at radius 3 is 2.38 bits per heavy atom. The number of likely N-dealkylation sites (N-methyl/N-ethyl adjacent to an activating group) is 1. The average molecular weight is 464 g/mol. The highest BCUT2D eigenvalue weighted by Gasteiger charge is 2.44. The summed E-state index contributed by atoms with van der Waals surface area (Å²) >= 11 is 0. The highest BCUT2D eigenvalue weighted by atomic mass is 16.5. The molecule has 1 aliphatic carbocycles. The van der Waals surface area contributed by atoms with Gasteiger partial charge in [0.15, 0.2) is 17.9 Å². The maximum atomic E-state index is 12.5. The van der Waals surface area contributed by atoms with Crippen molar-refractivity contribution < 1.29 is 23.5 Å². The minimum atomic E-state index is -1.26. The Morgan fingerprint density at radius 1 is 1.06 bits per heavy atom. The Kier molecular flexibility index (Phi) is 7.49. The number of esters is 1. The van der Waals surface area contributed by atoms with Crippen molar-refractivity contribution in [1.82, 2.24) is 4.98 Å². The lowest BCUT2D eigenvalue weighted by Crippen LogP contribution is -2.43. The monoisotopic (exact) mass is 463 g/mol. The number of aromatic nitrogens is 1. The molecular formula is C28H35N2O4+. The summed E-state index contributed by atoms with van der Waals surface area (Å²) in [6, 6.07) is 19.4. The van der Waals surface area contributed by atoms with Gasteiger partial charge >= 0.3 is 5.97 Å². The first-order valence-electron chi connectivity index (χ1n) is 12.1. The van der Waals surface area contributed by atoms with Gasteiger partial charge in [0.05, 0.1) is 20.3 Å². The molecule has 3 aromatic rings. The molecule has 1 atom stereocenters. The van der Waals surface area contributed by atoms with Gasteiger partial charge in [-0.2, -0.15) is 0 Å². The number of carbonyl (C=O) groups excluding carboxylic acids is 1. The average Bonchev–Trinajstić information content (AvgIpc) is 3.32. The quantitative estimate of drug-likeness (QED) is 0.364.